The number of hydrogen-bond acceptors (Lipinski definition) is 3. The van der Waals surface area contributed by atoms with Crippen molar-refractivity contribution >= 4 is 35.8 Å². The average molecular weight is 480 g/mol. The van der Waals surface area contributed by atoms with Crippen molar-refractivity contribution in [3.05, 3.63) is 0 Å². The van der Waals surface area contributed by atoms with E-state index in [1.165, 1.54) is 44.9 Å². The van der Waals surface area contributed by atoms with Crippen LogP contribution in [0.4, 0.5) is 0 Å². The summed E-state index contributed by atoms with van der Waals surface area (Å²) in [4.78, 5) is 15.9. The Balaban J connectivity index is 0.00000338. The van der Waals surface area contributed by atoms with E-state index in [4.69, 9.17) is 4.74 Å². The summed E-state index contributed by atoms with van der Waals surface area (Å²) in [7, 11) is 1.78. The number of nitrogens with one attached hydrogen (secondary N) is 3. The first-order valence-corrected chi connectivity index (χ1v) is 10.1. The van der Waals surface area contributed by atoms with Crippen molar-refractivity contribution in [2.24, 2.45) is 10.9 Å². The first kappa shape index (κ1) is 23.5. The zero-order valence-corrected chi connectivity index (χ0v) is 18.6. The van der Waals surface area contributed by atoms with Gasteiger partial charge in [0.25, 0.3) is 0 Å². The van der Waals surface area contributed by atoms with E-state index in [9.17, 15) is 4.79 Å². The van der Waals surface area contributed by atoms with Gasteiger partial charge in [0.05, 0.1) is 12.7 Å². The van der Waals surface area contributed by atoms with Crippen LogP contribution in [0.1, 0.15) is 64.2 Å². The minimum Gasteiger partial charge on any atom is -0.376 e. The third-order valence-electron chi connectivity index (χ3n) is 5.20. The van der Waals surface area contributed by atoms with Crippen LogP contribution >= 0.6 is 24.0 Å². The molecule has 2 saturated carbocycles. The fraction of sp³-hybridized carbons (Fsp3) is 0.895. The lowest BCUT2D eigenvalue weighted by molar-refractivity contribution is -0.127. The van der Waals surface area contributed by atoms with E-state index >= 15 is 0 Å². The Morgan fingerprint density at radius 2 is 1.58 bits per heavy atom. The quantitative estimate of drug-likeness (QED) is 0.156. The Bertz CT molecular complexity index is 408. The van der Waals surface area contributed by atoms with E-state index < -0.39 is 0 Å². The molecule has 0 aromatic carbocycles. The number of guanidine groups is 1. The van der Waals surface area contributed by atoms with Crippen LogP contribution in [-0.2, 0) is 9.53 Å². The lowest BCUT2D eigenvalue weighted by Gasteiger charge is -2.24. The number of ether oxygens (including phenoxy) is 1. The van der Waals surface area contributed by atoms with Crippen LogP contribution in [0.2, 0.25) is 0 Å². The van der Waals surface area contributed by atoms with Gasteiger partial charge in [0.1, 0.15) is 0 Å². The Labute approximate surface area is 175 Å². The summed E-state index contributed by atoms with van der Waals surface area (Å²) < 4.78 is 5.97. The van der Waals surface area contributed by atoms with Crippen molar-refractivity contribution in [3.63, 3.8) is 0 Å². The van der Waals surface area contributed by atoms with Crippen molar-refractivity contribution in [2.75, 3.05) is 33.3 Å². The standard InChI is InChI=1S/C19H36N4O2.HI/c1-20-19(22-13-7-12-21-18(24)16-8-6-9-16)23-14-15-25-17-10-4-2-3-5-11-17;/h16-17H,2-15H2,1H3,(H,21,24)(H2,20,22,23);1H. The van der Waals surface area contributed by atoms with Gasteiger partial charge in [-0.05, 0) is 32.1 Å². The molecular weight excluding hydrogens is 443 g/mol. The van der Waals surface area contributed by atoms with E-state index in [2.05, 4.69) is 20.9 Å². The fourth-order valence-corrected chi connectivity index (χ4v) is 3.35. The van der Waals surface area contributed by atoms with Crippen LogP contribution in [-0.4, -0.2) is 51.3 Å². The highest BCUT2D eigenvalue weighted by Gasteiger charge is 2.24. The molecule has 6 nitrogen and oxygen atoms in total. The Hall–Kier alpha value is -0.570. The van der Waals surface area contributed by atoms with Crippen LogP contribution < -0.4 is 16.0 Å². The average Bonchev–Trinajstić information content (AvgIpc) is 2.83. The third kappa shape index (κ3) is 9.39. The van der Waals surface area contributed by atoms with Crippen LogP contribution in [0.25, 0.3) is 0 Å². The molecular formula is C19H37IN4O2. The molecule has 0 aliphatic heterocycles. The molecule has 0 aromatic heterocycles. The van der Waals surface area contributed by atoms with Gasteiger partial charge in [0.15, 0.2) is 5.96 Å². The van der Waals surface area contributed by atoms with Crippen molar-refractivity contribution in [3.8, 4) is 0 Å². The van der Waals surface area contributed by atoms with Crippen molar-refractivity contribution in [1.82, 2.24) is 16.0 Å². The molecule has 26 heavy (non-hydrogen) atoms. The molecule has 0 spiro atoms. The first-order chi connectivity index (χ1) is 12.3. The molecule has 0 saturated heterocycles. The van der Waals surface area contributed by atoms with Crippen molar-refractivity contribution in [2.45, 2.75) is 70.3 Å². The molecule has 0 aromatic rings. The molecule has 7 heteroatoms. The maximum absolute atomic E-state index is 11.7. The molecule has 2 rings (SSSR count). The molecule has 1 amide bonds. The Morgan fingerprint density at radius 1 is 0.923 bits per heavy atom. The van der Waals surface area contributed by atoms with Gasteiger partial charge in [-0.3, -0.25) is 9.79 Å². The summed E-state index contributed by atoms with van der Waals surface area (Å²) in [6.07, 6.45) is 12.4. The van der Waals surface area contributed by atoms with Crippen molar-refractivity contribution < 1.29 is 9.53 Å². The van der Waals surface area contributed by atoms with Crippen LogP contribution in [0.5, 0.6) is 0 Å². The number of nitrogens with zero attached hydrogens (tertiary/aromatic N) is 1. The second kappa shape index (κ2) is 14.5. The van der Waals surface area contributed by atoms with Gasteiger partial charge in [0.2, 0.25) is 5.91 Å². The lowest BCUT2D eigenvalue weighted by Crippen LogP contribution is -2.41. The van der Waals surface area contributed by atoms with Crippen LogP contribution in [0, 0.1) is 5.92 Å². The zero-order chi connectivity index (χ0) is 17.7. The Morgan fingerprint density at radius 3 is 2.19 bits per heavy atom. The smallest absolute Gasteiger partial charge is 0.223 e. The highest BCUT2D eigenvalue weighted by atomic mass is 127. The molecule has 2 aliphatic rings. The van der Waals surface area contributed by atoms with Gasteiger partial charge in [-0.2, -0.15) is 0 Å². The van der Waals surface area contributed by atoms with Gasteiger partial charge in [-0.1, -0.05) is 32.1 Å². The first-order valence-electron chi connectivity index (χ1n) is 10.1. The molecule has 152 valence electrons. The summed E-state index contributed by atoms with van der Waals surface area (Å²) in [6, 6.07) is 0. The normalized spacial score (nSPS) is 19.0. The summed E-state index contributed by atoms with van der Waals surface area (Å²) in [5.74, 6) is 1.30. The highest BCUT2D eigenvalue weighted by Crippen LogP contribution is 2.26. The van der Waals surface area contributed by atoms with Gasteiger partial charge >= 0.3 is 0 Å². The van der Waals surface area contributed by atoms with Crippen LogP contribution in [0.15, 0.2) is 4.99 Å². The second-order valence-corrected chi connectivity index (χ2v) is 7.18. The number of hydrogen-bond donors (Lipinski definition) is 3. The minimum absolute atomic E-state index is 0. The zero-order valence-electron chi connectivity index (χ0n) is 16.2. The SMILES string of the molecule is CN=C(NCCCNC(=O)C1CCC1)NCCOC1CCCCCC1.I. The van der Waals surface area contributed by atoms with Gasteiger partial charge in [-0.15, -0.1) is 24.0 Å². The van der Waals surface area contributed by atoms with E-state index in [-0.39, 0.29) is 35.8 Å². The topological polar surface area (TPSA) is 74.8 Å². The predicted molar refractivity (Wildman–Crippen MR) is 117 cm³/mol. The summed E-state index contributed by atoms with van der Waals surface area (Å²) in [5, 5.41) is 9.58. The molecule has 0 unspecified atom stereocenters. The molecule has 2 fully saturated rings. The Kier molecular flexibility index (Phi) is 13.1. The number of amides is 1. The van der Waals surface area contributed by atoms with E-state index in [0.29, 0.717) is 6.10 Å². The number of halogens is 1. The monoisotopic (exact) mass is 480 g/mol. The van der Waals surface area contributed by atoms with Gasteiger partial charge in [0, 0.05) is 32.6 Å². The van der Waals surface area contributed by atoms with E-state index in [1.807, 2.05) is 0 Å². The molecule has 0 heterocycles. The molecule has 3 N–H and O–H groups in total. The third-order valence-corrected chi connectivity index (χ3v) is 5.20. The van der Waals surface area contributed by atoms with E-state index in [0.717, 1.165) is 51.5 Å². The van der Waals surface area contributed by atoms with Crippen molar-refractivity contribution in [1.29, 1.82) is 0 Å². The largest absolute Gasteiger partial charge is 0.376 e. The minimum atomic E-state index is 0. The summed E-state index contributed by atoms with van der Waals surface area (Å²) >= 11 is 0. The predicted octanol–water partition coefficient (Wildman–Crippen LogP) is 2.82. The number of carbonyl (C=O) groups is 1. The van der Waals surface area contributed by atoms with Crippen LogP contribution in [0.3, 0.4) is 0 Å². The number of aliphatic imine (C=N–C) groups is 1. The van der Waals surface area contributed by atoms with Gasteiger partial charge in [-0.25, -0.2) is 0 Å². The van der Waals surface area contributed by atoms with E-state index in [1.54, 1.807) is 7.05 Å². The second-order valence-electron chi connectivity index (χ2n) is 7.18. The number of rotatable bonds is 9. The summed E-state index contributed by atoms with van der Waals surface area (Å²) in [6.45, 7) is 3.02. The lowest BCUT2D eigenvalue weighted by atomic mass is 9.85. The number of carbonyl (C=O) groups excluding carboxylic acids is 1. The molecule has 0 bridgehead atoms. The maximum Gasteiger partial charge on any atom is 0.223 e. The molecule has 0 atom stereocenters. The highest BCUT2D eigenvalue weighted by molar-refractivity contribution is 14.0. The summed E-state index contributed by atoms with van der Waals surface area (Å²) in [5.41, 5.74) is 0. The maximum atomic E-state index is 11.7. The molecule has 2 aliphatic carbocycles. The molecule has 0 radical (unpaired) electrons. The van der Waals surface area contributed by atoms with Gasteiger partial charge < -0.3 is 20.7 Å². The fourth-order valence-electron chi connectivity index (χ4n) is 3.35.